The standard InChI is InChI=1S/C31H32BrNO4/c1-2-36-29(35)33-14-12-30(13-15-33)18-31(25-16-20(32)8-11-27(25)37-30)17-26(31)28(34)24-5-3-4-22-21-9-6-19(21)7-10-23(22)24/h3-5,7-8,10-11,16,19,21,26H,2,6,9,12-15,17-18H2,1H3/t19?,21?,26-,31?/m0/s1. The zero-order chi connectivity index (χ0) is 25.4. The molecule has 4 atom stereocenters. The number of hydrogen-bond donors (Lipinski definition) is 0. The van der Waals surface area contributed by atoms with Crippen molar-refractivity contribution >= 4 is 33.9 Å². The van der Waals surface area contributed by atoms with Crippen molar-refractivity contribution in [3.05, 3.63) is 69.2 Å². The Bertz CT molecular complexity index is 1330. The van der Waals surface area contributed by atoms with Crippen LogP contribution in [0.15, 0.2) is 46.9 Å². The van der Waals surface area contributed by atoms with E-state index >= 15 is 0 Å². The van der Waals surface area contributed by atoms with Crippen LogP contribution in [0.4, 0.5) is 4.79 Å². The summed E-state index contributed by atoms with van der Waals surface area (Å²) in [6.07, 6.45) is 9.91. The third kappa shape index (κ3) is 3.62. The topological polar surface area (TPSA) is 55.8 Å². The summed E-state index contributed by atoms with van der Waals surface area (Å²) in [5.41, 5.74) is 3.95. The minimum atomic E-state index is -0.367. The van der Waals surface area contributed by atoms with Gasteiger partial charge >= 0.3 is 6.09 Å². The number of ether oxygens (including phenoxy) is 2. The summed E-state index contributed by atoms with van der Waals surface area (Å²) < 4.78 is 13.0. The van der Waals surface area contributed by atoms with E-state index < -0.39 is 0 Å². The maximum Gasteiger partial charge on any atom is 0.409 e. The second kappa shape index (κ2) is 8.45. The molecule has 6 heteroatoms. The van der Waals surface area contributed by atoms with E-state index in [4.69, 9.17) is 9.47 Å². The molecule has 5 nitrogen and oxygen atoms in total. The Labute approximate surface area is 226 Å². The van der Waals surface area contributed by atoms with Gasteiger partial charge in [-0.2, -0.15) is 0 Å². The first-order valence-corrected chi connectivity index (χ1v) is 14.5. The van der Waals surface area contributed by atoms with Crippen LogP contribution in [0, 0.1) is 11.8 Å². The first-order chi connectivity index (χ1) is 17.9. The maximum atomic E-state index is 14.2. The van der Waals surface area contributed by atoms with Gasteiger partial charge in [-0.05, 0) is 73.8 Å². The minimum absolute atomic E-state index is 0.0524. The molecule has 0 N–H and O–H groups in total. The fourth-order valence-corrected chi connectivity index (χ4v) is 7.87. The number of fused-ring (bicyclic) bond motifs is 5. The number of halogens is 1. The molecule has 0 aromatic heterocycles. The first-order valence-electron chi connectivity index (χ1n) is 13.7. The lowest BCUT2D eigenvalue weighted by Gasteiger charge is -2.47. The fraction of sp³-hybridized carbons (Fsp3) is 0.484. The quantitative estimate of drug-likeness (QED) is 0.383. The van der Waals surface area contributed by atoms with Crippen molar-refractivity contribution in [2.45, 2.75) is 62.4 Å². The summed E-state index contributed by atoms with van der Waals surface area (Å²) in [5.74, 6) is 2.33. The summed E-state index contributed by atoms with van der Waals surface area (Å²) in [7, 11) is 0. The third-order valence-electron chi connectivity index (χ3n) is 9.68. The number of Topliss-reactive ketones (excluding diaryl/α,β-unsaturated/α-hetero) is 1. The van der Waals surface area contributed by atoms with Crippen LogP contribution in [0.5, 0.6) is 5.75 Å². The number of likely N-dealkylation sites (tertiary alicyclic amines) is 1. The molecule has 0 bridgehead atoms. The van der Waals surface area contributed by atoms with Gasteiger partial charge in [0.2, 0.25) is 0 Å². The molecule has 1 saturated heterocycles. The number of amides is 1. The van der Waals surface area contributed by atoms with Crippen LogP contribution in [0.25, 0.3) is 6.08 Å². The lowest BCUT2D eigenvalue weighted by molar-refractivity contribution is -0.0254. The maximum absolute atomic E-state index is 14.2. The molecule has 5 aliphatic rings. The number of rotatable bonds is 3. The lowest BCUT2D eigenvalue weighted by Crippen LogP contribution is -2.53. The molecular formula is C31H32BrNO4. The SMILES string of the molecule is CCOC(=O)N1CCC2(CC1)CC1(C[C@H]1C(=O)c1cccc3c1C=CC1CCC31)c1cc(Br)ccc1O2. The molecule has 2 heterocycles. The second-order valence-corrected chi connectivity index (χ2v) is 12.5. The zero-order valence-corrected chi connectivity index (χ0v) is 22.8. The first kappa shape index (κ1) is 23.5. The summed E-state index contributed by atoms with van der Waals surface area (Å²) in [6.45, 7) is 3.44. The Hall–Kier alpha value is -2.60. The fourth-order valence-electron chi connectivity index (χ4n) is 7.51. The largest absolute Gasteiger partial charge is 0.487 e. The average Bonchev–Trinajstić information content (AvgIpc) is 3.58. The lowest BCUT2D eigenvalue weighted by atomic mass is 9.65. The summed E-state index contributed by atoms with van der Waals surface area (Å²) in [6, 6.07) is 12.6. The molecule has 37 heavy (non-hydrogen) atoms. The van der Waals surface area contributed by atoms with Crippen LogP contribution >= 0.6 is 15.9 Å². The van der Waals surface area contributed by atoms with Crippen LogP contribution in [0.1, 0.15) is 78.4 Å². The van der Waals surface area contributed by atoms with Crippen molar-refractivity contribution in [1.29, 1.82) is 0 Å². The van der Waals surface area contributed by atoms with E-state index in [0.717, 1.165) is 52.6 Å². The minimum Gasteiger partial charge on any atom is -0.487 e. The van der Waals surface area contributed by atoms with E-state index in [0.29, 0.717) is 31.5 Å². The van der Waals surface area contributed by atoms with Crippen LogP contribution in [0.3, 0.4) is 0 Å². The molecule has 2 saturated carbocycles. The zero-order valence-electron chi connectivity index (χ0n) is 21.2. The molecule has 2 spiro atoms. The highest BCUT2D eigenvalue weighted by atomic mass is 79.9. The van der Waals surface area contributed by atoms with Crippen molar-refractivity contribution in [2.75, 3.05) is 19.7 Å². The summed E-state index contributed by atoms with van der Waals surface area (Å²) in [4.78, 5) is 28.3. The molecule has 3 fully saturated rings. The van der Waals surface area contributed by atoms with Crippen molar-refractivity contribution in [3.8, 4) is 5.75 Å². The average molecular weight is 563 g/mol. The Morgan fingerprint density at radius 2 is 2.00 bits per heavy atom. The highest BCUT2D eigenvalue weighted by Gasteiger charge is 2.65. The van der Waals surface area contributed by atoms with Gasteiger partial charge in [-0.3, -0.25) is 4.79 Å². The number of benzene rings is 2. The van der Waals surface area contributed by atoms with Gasteiger partial charge in [0.05, 0.1) is 6.61 Å². The summed E-state index contributed by atoms with van der Waals surface area (Å²) in [5, 5.41) is 0. The molecule has 192 valence electrons. The Morgan fingerprint density at radius 3 is 2.76 bits per heavy atom. The van der Waals surface area contributed by atoms with E-state index in [1.165, 1.54) is 18.4 Å². The van der Waals surface area contributed by atoms with Crippen molar-refractivity contribution in [1.82, 2.24) is 4.90 Å². The van der Waals surface area contributed by atoms with Crippen LogP contribution in [-0.2, 0) is 10.2 Å². The van der Waals surface area contributed by atoms with Gasteiger partial charge < -0.3 is 14.4 Å². The van der Waals surface area contributed by atoms with Gasteiger partial charge in [0.1, 0.15) is 11.4 Å². The normalized spacial score (nSPS) is 30.0. The van der Waals surface area contributed by atoms with Crippen LogP contribution in [-0.4, -0.2) is 42.1 Å². The van der Waals surface area contributed by atoms with Gasteiger partial charge in [-0.1, -0.05) is 46.3 Å². The van der Waals surface area contributed by atoms with Gasteiger partial charge in [0, 0.05) is 52.9 Å². The Balaban J connectivity index is 1.20. The predicted octanol–water partition coefficient (Wildman–Crippen LogP) is 6.88. The van der Waals surface area contributed by atoms with Crippen molar-refractivity contribution in [3.63, 3.8) is 0 Å². The van der Waals surface area contributed by atoms with Crippen LogP contribution in [0.2, 0.25) is 0 Å². The Kier molecular flexibility index (Phi) is 5.37. The molecule has 7 rings (SSSR count). The smallest absolute Gasteiger partial charge is 0.409 e. The van der Waals surface area contributed by atoms with Gasteiger partial charge in [0.25, 0.3) is 0 Å². The highest BCUT2D eigenvalue weighted by molar-refractivity contribution is 9.10. The summed E-state index contributed by atoms with van der Waals surface area (Å²) >= 11 is 3.66. The number of carbonyl (C=O) groups is 2. The second-order valence-electron chi connectivity index (χ2n) is 11.6. The van der Waals surface area contributed by atoms with Crippen molar-refractivity contribution < 1.29 is 19.1 Å². The molecule has 3 unspecified atom stereocenters. The molecule has 2 aromatic rings. The predicted molar refractivity (Wildman–Crippen MR) is 145 cm³/mol. The van der Waals surface area contributed by atoms with E-state index in [2.05, 4.69) is 46.3 Å². The Morgan fingerprint density at radius 1 is 1.16 bits per heavy atom. The monoisotopic (exact) mass is 561 g/mol. The van der Waals surface area contributed by atoms with E-state index in [1.807, 2.05) is 25.1 Å². The molecule has 0 radical (unpaired) electrons. The van der Waals surface area contributed by atoms with E-state index in [9.17, 15) is 9.59 Å². The molecule has 1 amide bonds. The van der Waals surface area contributed by atoms with Gasteiger partial charge in [0.15, 0.2) is 5.78 Å². The number of carbonyl (C=O) groups excluding carboxylic acids is 2. The van der Waals surface area contributed by atoms with E-state index in [1.54, 1.807) is 4.90 Å². The molecule has 2 aliphatic heterocycles. The number of nitrogens with zero attached hydrogens (tertiary/aromatic N) is 1. The number of piperidine rings is 1. The third-order valence-corrected chi connectivity index (χ3v) is 10.2. The van der Waals surface area contributed by atoms with Crippen molar-refractivity contribution in [2.24, 2.45) is 11.8 Å². The number of allylic oxidation sites excluding steroid dienone is 1. The molecule has 2 aromatic carbocycles. The molecular weight excluding hydrogens is 530 g/mol. The number of ketones is 1. The van der Waals surface area contributed by atoms with Crippen LogP contribution < -0.4 is 4.74 Å². The highest BCUT2D eigenvalue weighted by Crippen LogP contribution is 2.66. The van der Waals surface area contributed by atoms with Gasteiger partial charge in [-0.15, -0.1) is 0 Å². The molecule has 3 aliphatic carbocycles. The number of hydrogen-bond acceptors (Lipinski definition) is 4. The van der Waals surface area contributed by atoms with Gasteiger partial charge in [-0.25, -0.2) is 4.79 Å². The van der Waals surface area contributed by atoms with E-state index in [-0.39, 0.29) is 28.8 Å².